The molecule has 0 atom stereocenters. The van der Waals surface area contributed by atoms with Gasteiger partial charge in [0.1, 0.15) is 11.6 Å². The molecule has 17 heavy (non-hydrogen) atoms. The van der Waals surface area contributed by atoms with Crippen LogP contribution in [-0.2, 0) is 0 Å². The fourth-order valence-corrected chi connectivity index (χ4v) is 1.74. The highest BCUT2D eigenvalue weighted by Gasteiger charge is 2.05. The first-order chi connectivity index (χ1) is 8.06. The summed E-state index contributed by atoms with van der Waals surface area (Å²) < 4.78 is 19.6. The lowest BCUT2D eigenvalue weighted by molar-refractivity contribution is 0.481. The number of anilines is 1. The third-order valence-electron chi connectivity index (χ3n) is 2.33. The summed E-state index contributed by atoms with van der Waals surface area (Å²) in [7, 11) is 0. The van der Waals surface area contributed by atoms with Gasteiger partial charge in [-0.05, 0) is 48.9 Å². The van der Waals surface area contributed by atoms with Crippen molar-refractivity contribution in [3.05, 3.63) is 52.3 Å². The molecule has 0 spiro atoms. The summed E-state index contributed by atoms with van der Waals surface area (Å²) in [5, 5.41) is 0. The second-order valence-corrected chi connectivity index (χ2v) is 4.61. The number of benzene rings is 2. The number of hydrogen-bond donors (Lipinski definition) is 1. The largest absolute Gasteiger partial charge is 0.455 e. The Bertz CT molecular complexity index is 557. The van der Waals surface area contributed by atoms with Crippen LogP contribution in [0.5, 0.6) is 11.5 Å². The third kappa shape index (κ3) is 2.77. The Hall–Kier alpha value is -1.55. The maximum atomic E-state index is 13.1. The van der Waals surface area contributed by atoms with E-state index in [9.17, 15) is 4.39 Å². The molecule has 0 saturated carbocycles. The Morgan fingerprint density at radius 1 is 1.18 bits per heavy atom. The first-order valence-corrected chi connectivity index (χ1v) is 5.84. The number of aryl methyl sites for hydroxylation is 1. The fourth-order valence-electron chi connectivity index (χ4n) is 1.40. The normalized spacial score (nSPS) is 10.3. The maximum Gasteiger partial charge on any atom is 0.151 e. The van der Waals surface area contributed by atoms with Gasteiger partial charge in [0.25, 0.3) is 0 Å². The molecule has 0 aliphatic carbocycles. The van der Waals surface area contributed by atoms with Crippen LogP contribution in [0.1, 0.15) is 5.56 Å². The molecule has 2 aromatic carbocycles. The van der Waals surface area contributed by atoms with Gasteiger partial charge in [0.2, 0.25) is 0 Å². The minimum absolute atomic E-state index is 0.250. The zero-order valence-corrected chi connectivity index (χ0v) is 10.8. The van der Waals surface area contributed by atoms with Gasteiger partial charge in [-0.3, -0.25) is 0 Å². The van der Waals surface area contributed by atoms with Crippen molar-refractivity contribution in [1.82, 2.24) is 0 Å². The first kappa shape index (κ1) is 11.9. The van der Waals surface area contributed by atoms with Crippen LogP contribution in [0.25, 0.3) is 0 Å². The van der Waals surface area contributed by atoms with Crippen molar-refractivity contribution in [3.63, 3.8) is 0 Å². The maximum absolute atomic E-state index is 13.1. The van der Waals surface area contributed by atoms with Gasteiger partial charge < -0.3 is 10.5 Å². The lowest BCUT2D eigenvalue weighted by Gasteiger charge is -2.09. The van der Waals surface area contributed by atoms with Gasteiger partial charge in [0, 0.05) is 4.47 Å². The molecule has 0 aliphatic heterocycles. The van der Waals surface area contributed by atoms with Gasteiger partial charge in [-0.2, -0.15) is 0 Å². The lowest BCUT2D eigenvalue weighted by Crippen LogP contribution is -1.92. The molecule has 0 saturated heterocycles. The zero-order chi connectivity index (χ0) is 12.4. The number of nitrogen functional groups attached to an aromatic ring is 1. The van der Waals surface area contributed by atoms with Crippen molar-refractivity contribution < 1.29 is 9.13 Å². The highest BCUT2D eigenvalue weighted by Crippen LogP contribution is 2.30. The van der Waals surface area contributed by atoms with Crippen LogP contribution >= 0.6 is 15.9 Å². The number of hydrogen-bond acceptors (Lipinski definition) is 2. The van der Waals surface area contributed by atoms with Crippen LogP contribution in [0, 0.1) is 12.7 Å². The van der Waals surface area contributed by atoms with E-state index < -0.39 is 0 Å². The smallest absolute Gasteiger partial charge is 0.151 e. The molecular formula is C13H11BrFNO. The molecule has 0 unspecified atom stereocenters. The molecule has 0 fully saturated rings. The monoisotopic (exact) mass is 295 g/mol. The third-order valence-corrected chi connectivity index (χ3v) is 2.83. The number of nitrogens with two attached hydrogens (primary N) is 1. The summed E-state index contributed by atoms with van der Waals surface area (Å²) in [5.41, 5.74) is 6.86. The predicted octanol–water partition coefficient (Wildman–Crippen LogP) is 4.27. The van der Waals surface area contributed by atoms with Gasteiger partial charge in [0.15, 0.2) is 5.75 Å². The molecule has 0 radical (unpaired) electrons. The van der Waals surface area contributed by atoms with E-state index >= 15 is 0 Å². The quantitative estimate of drug-likeness (QED) is 0.840. The highest BCUT2D eigenvalue weighted by atomic mass is 79.9. The molecule has 88 valence electrons. The second-order valence-electron chi connectivity index (χ2n) is 3.70. The summed E-state index contributed by atoms with van der Waals surface area (Å²) in [5.74, 6) is 0.860. The van der Waals surface area contributed by atoms with Gasteiger partial charge >= 0.3 is 0 Å². The average molecular weight is 296 g/mol. The van der Waals surface area contributed by atoms with Crippen LogP contribution in [0.3, 0.4) is 0 Å². The van der Waals surface area contributed by atoms with Crippen LogP contribution in [-0.4, -0.2) is 0 Å². The highest BCUT2D eigenvalue weighted by molar-refractivity contribution is 9.10. The second kappa shape index (κ2) is 4.75. The number of halogens is 2. The predicted molar refractivity (Wildman–Crippen MR) is 69.8 cm³/mol. The lowest BCUT2D eigenvalue weighted by atomic mass is 10.2. The summed E-state index contributed by atoms with van der Waals surface area (Å²) in [6.45, 7) is 1.69. The first-order valence-electron chi connectivity index (χ1n) is 5.05. The van der Waals surface area contributed by atoms with E-state index in [-0.39, 0.29) is 5.82 Å². The molecule has 2 nitrogen and oxygen atoms in total. The van der Waals surface area contributed by atoms with Crippen LogP contribution < -0.4 is 10.5 Å². The van der Waals surface area contributed by atoms with Crippen molar-refractivity contribution in [3.8, 4) is 11.5 Å². The Kier molecular flexibility index (Phi) is 3.33. The van der Waals surface area contributed by atoms with E-state index in [1.165, 1.54) is 6.07 Å². The van der Waals surface area contributed by atoms with E-state index in [1.54, 1.807) is 31.2 Å². The van der Waals surface area contributed by atoms with Crippen molar-refractivity contribution in [1.29, 1.82) is 0 Å². The van der Waals surface area contributed by atoms with Crippen molar-refractivity contribution in [2.45, 2.75) is 6.92 Å². The Morgan fingerprint density at radius 3 is 2.65 bits per heavy atom. The van der Waals surface area contributed by atoms with Crippen LogP contribution in [0.2, 0.25) is 0 Å². The van der Waals surface area contributed by atoms with Crippen molar-refractivity contribution in [2.75, 3.05) is 5.73 Å². The van der Waals surface area contributed by atoms with Crippen LogP contribution in [0.15, 0.2) is 40.9 Å². The van der Waals surface area contributed by atoms with E-state index in [2.05, 4.69) is 15.9 Å². The minimum atomic E-state index is -0.250. The van der Waals surface area contributed by atoms with E-state index in [1.807, 2.05) is 6.07 Å². The van der Waals surface area contributed by atoms with Gasteiger partial charge in [0.05, 0.1) is 5.69 Å². The number of rotatable bonds is 2. The summed E-state index contributed by atoms with van der Waals surface area (Å²) >= 11 is 3.34. The summed E-state index contributed by atoms with van der Waals surface area (Å²) in [4.78, 5) is 0. The van der Waals surface area contributed by atoms with Gasteiger partial charge in [-0.25, -0.2) is 4.39 Å². The topological polar surface area (TPSA) is 35.2 Å². The molecular weight excluding hydrogens is 285 g/mol. The molecule has 0 bridgehead atoms. The van der Waals surface area contributed by atoms with Crippen molar-refractivity contribution in [2.24, 2.45) is 0 Å². The summed E-state index contributed by atoms with van der Waals surface area (Å²) in [6, 6.07) is 9.93. The molecule has 2 aromatic rings. The van der Waals surface area contributed by atoms with Gasteiger partial charge in [-0.1, -0.05) is 15.9 Å². The molecule has 0 aromatic heterocycles. The molecule has 0 heterocycles. The van der Waals surface area contributed by atoms with E-state index in [4.69, 9.17) is 10.5 Å². The van der Waals surface area contributed by atoms with E-state index in [0.29, 0.717) is 22.7 Å². The van der Waals surface area contributed by atoms with E-state index in [0.717, 1.165) is 4.47 Å². The molecule has 2 N–H and O–H groups in total. The fraction of sp³-hybridized carbons (Fsp3) is 0.0769. The Labute approximate surface area is 107 Å². The average Bonchev–Trinajstić information content (AvgIpc) is 2.29. The molecule has 4 heteroatoms. The Balaban J connectivity index is 2.31. The molecule has 2 rings (SSSR count). The van der Waals surface area contributed by atoms with Crippen LogP contribution in [0.4, 0.5) is 10.1 Å². The molecule has 0 amide bonds. The SMILES string of the molecule is Cc1cc(Oc2cc(Br)ccc2N)ccc1F. The summed E-state index contributed by atoms with van der Waals surface area (Å²) in [6.07, 6.45) is 0. The number of ether oxygens (including phenoxy) is 1. The zero-order valence-electron chi connectivity index (χ0n) is 9.21. The molecule has 0 aliphatic rings. The Morgan fingerprint density at radius 2 is 1.94 bits per heavy atom. The van der Waals surface area contributed by atoms with Gasteiger partial charge in [-0.15, -0.1) is 0 Å². The standard InChI is InChI=1S/C13H11BrFNO/c1-8-6-10(3-4-11(8)15)17-13-7-9(14)2-5-12(13)16/h2-7H,16H2,1H3. The minimum Gasteiger partial charge on any atom is -0.455 e. The van der Waals surface area contributed by atoms with Crippen molar-refractivity contribution >= 4 is 21.6 Å².